The molecule has 0 atom stereocenters. The van der Waals surface area contributed by atoms with E-state index in [1.54, 1.807) is 20.0 Å². The van der Waals surface area contributed by atoms with Gasteiger partial charge in [-0.25, -0.2) is 0 Å². The monoisotopic (exact) mass is 975 g/mol. The first kappa shape index (κ1) is 42.3. The molecule has 0 radical (unpaired) electrons. The Labute approximate surface area is 369 Å². The zero-order valence-corrected chi connectivity index (χ0v) is 38.1. The van der Waals surface area contributed by atoms with Gasteiger partial charge >= 0.3 is 29.2 Å². The van der Waals surface area contributed by atoms with Crippen LogP contribution in [0.25, 0.3) is 5.70 Å². The molecular formula is C55H55AuClN2-. The van der Waals surface area contributed by atoms with Gasteiger partial charge in [0.1, 0.15) is 0 Å². The Morgan fingerprint density at radius 2 is 0.915 bits per heavy atom. The molecule has 0 saturated heterocycles. The van der Waals surface area contributed by atoms with E-state index in [4.69, 9.17) is 0 Å². The minimum absolute atomic E-state index is 0.00638. The molecule has 6 aromatic carbocycles. The summed E-state index contributed by atoms with van der Waals surface area (Å²) in [7, 11) is 4.58. The predicted molar refractivity (Wildman–Crippen MR) is 247 cm³/mol. The van der Waals surface area contributed by atoms with Gasteiger partial charge in [-0.3, -0.25) is 0 Å². The van der Waals surface area contributed by atoms with Gasteiger partial charge < -0.3 is 9.80 Å². The number of rotatable bonds is 11. The summed E-state index contributed by atoms with van der Waals surface area (Å²) in [5.74, 6) is 1.22. The normalized spacial score (nSPS) is 13.6. The third kappa shape index (κ3) is 8.89. The van der Waals surface area contributed by atoms with Crippen LogP contribution in [0.15, 0.2) is 176 Å². The molecule has 0 aromatic heterocycles. The van der Waals surface area contributed by atoms with Gasteiger partial charge in [0.15, 0.2) is 0 Å². The quantitative estimate of drug-likeness (QED) is 0.0725. The summed E-state index contributed by atoms with van der Waals surface area (Å²) in [5.41, 5.74) is 18.1. The molecule has 2 aliphatic heterocycles. The summed E-state index contributed by atoms with van der Waals surface area (Å²) < 4.78 is 0. The predicted octanol–water partition coefficient (Wildman–Crippen LogP) is 15.1. The molecule has 2 aliphatic rings. The fourth-order valence-corrected chi connectivity index (χ4v) is 8.91. The molecule has 2 heterocycles. The van der Waals surface area contributed by atoms with Crippen molar-refractivity contribution in [2.24, 2.45) is 0 Å². The summed E-state index contributed by atoms with van der Waals surface area (Å²) >= 11 is 1.75. The number of nitrogens with zero attached hydrogens (tertiary/aromatic N) is 2. The van der Waals surface area contributed by atoms with Crippen molar-refractivity contribution in [2.45, 2.75) is 78.1 Å². The molecule has 0 amide bonds. The second-order valence-corrected chi connectivity index (χ2v) is 16.7. The third-order valence-electron chi connectivity index (χ3n) is 11.7. The topological polar surface area (TPSA) is 6.48 Å². The third-order valence-corrected chi connectivity index (χ3v) is 11.7. The summed E-state index contributed by atoms with van der Waals surface area (Å²) in [6.45, 7) is 18.6. The van der Waals surface area contributed by atoms with E-state index in [2.05, 4.69) is 244 Å². The Bertz CT molecular complexity index is 2220. The first-order valence-corrected chi connectivity index (χ1v) is 23.5. The van der Waals surface area contributed by atoms with Crippen molar-refractivity contribution in [3.8, 4) is 0 Å². The number of benzene rings is 6. The number of hydrogen-bond donors (Lipinski definition) is 0. The van der Waals surface area contributed by atoms with Crippen molar-refractivity contribution in [3.63, 3.8) is 0 Å². The minimum atomic E-state index is 0.00638. The van der Waals surface area contributed by atoms with Crippen molar-refractivity contribution in [1.82, 2.24) is 4.90 Å². The summed E-state index contributed by atoms with van der Waals surface area (Å²) in [6.07, 6.45) is 9.18. The van der Waals surface area contributed by atoms with Crippen molar-refractivity contribution in [2.75, 3.05) is 4.90 Å². The first-order valence-electron chi connectivity index (χ1n) is 20.9. The fourth-order valence-electron chi connectivity index (χ4n) is 8.91. The Kier molecular flexibility index (Phi) is 13.7. The second kappa shape index (κ2) is 19.0. The van der Waals surface area contributed by atoms with Gasteiger partial charge in [-0.15, -0.1) is 6.67 Å². The summed E-state index contributed by atoms with van der Waals surface area (Å²) in [4.78, 5) is 4.88. The maximum atomic E-state index is 4.58. The van der Waals surface area contributed by atoms with Gasteiger partial charge in [-0.2, -0.15) is 0 Å². The molecular weight excluding hydrogens is 921 g/mol. The van der Waals surface area contributed by atoms with Gasteiger partial charge in [0.25, 0.3) is 0 Å². The van der Waals surface area contributed by atoms with Gasteiger partial charge in [-0.1, -0.05) is 199 Å². The molecule has 59 heavy (non-hydrogen) atoms. The van der Waals surface area contributed by atoms with Gasteiger partial charge in [-0.05, 0) is 93.1 Å². The molecule has 8 rings (SSSR count). The Balaban J connectivity index is 0.00000260. The molecule has 0 fully saturated rings. The summed E-state index contributed by atoms with van der Waals surface area (Å²) in [5, 5.41) is 0. The van der Waals surface area contributed by atoms with Crippen LogP contribution in [-0.4, -0.2) is 4.90 Å². The van der Waals surface area contributed by atoms with Crippen LogP contribution >= 0.6 is 9.19 Å². The average molecular weight is 976 g/mol. The fraction of sp³-hybridized carbons (Fsp3) is 0.218. The van der Waals surface area contributed by atoms with E-state index in [1.165, 1.54) is 72.6 Å². The number of aryl methyl sites for hydroxylation is 1. The van der Waals surface area contributed by atoms with Crippen molar-refractivity contribution in [1.29, 1.82) is 0 Å². The molecule has 4 heteroatoms. The molecule has 0 saturated carbocycles. The van der Waals surface area contributed by atoms with Gasteiger partial charge in [0.05, 0.1) is 0 Å². The number of fused-ring (bicyclic) bond motifs is 1. The van der Waals surface area contributed by atoms with Crippen LogP contribution in [0.4, 0.5) is 5.69 Å². The zero-order chi connectivity index (χ0) is 41.6. The second-order valence-electron chi connectivity index (χ2n) is 16.7. The van der Waals surface area contributed by atoms with Crippen molar-refractivity contribution >= 4 is 20.6 Å². The van der Waals surface area contributed by atoms with E-state index in [1.807, 2.05) is 0 Å². The molecule has 0 spiro atoms. The molecule has 0 aliphatic carbocycles. The standard InChI is InChI=1S/C55H55N2.Au.ClH/c1-37(2)45-33-47(38(3)4)54(48(34-45)39(5)6)51-30-20-29-46-35-56(36-57(46)51)55-49(52(41-21-12-8-13-22-41)42-23-14-9-15-24-42)31-40(7)32-50(55)53(43-25-16-10-17-26-43)44-27-18-11-19-28-44;;/h8-39,52-53H,1-7H3;;1H/q-1;+1;/p-1. The Morgan fingerprint density at radius 1 is 0.508 bits per heavy atom. The van der Waals surface area contributed by atoms with Crippen LogP contribution < -0.4 is 4.90 Å². The van der Waals surface area contributed by atoms with Gasteiger partial charge in [0.2, 0.25) is 0 Å². The van der Waals surface area contributed by atoms with Crippen LogP contribution in [0, 0.1) is 13.6 Å². The molecule has 0 N–H and O–H groups in total. The molecule has 0 bridgehead atoms. The number of halogens is 1. The Hall–Kier alpha value is -4.83. The maximum absolute atomic E-state index is 4.58. The molecule has 0 unspecified atom stereocenters. The van der Waals surface area contributed by atoms with E-state index in [0.717, 1.165) is 5.70 Å². The van der Waals surface area contributed by atoms with E-state index in [9.17, 15) is 0 Å². The SMILES string of the molecule is Cc1cc(C(c2ccccc2)c2ccccc2)c(N2C=C3C=CC=C(c4c(C(C)C)cc(C(C)C)cc4C(C)C)N3[CH-]2)c(C(c2ccccc2)c2ccccc2)c1.[Cl][Au]. The molecule has 304 valence electrons. The van der Waals surface area contributed by atoms with E-state index < -0.39 is 0 Å². The van der Waals surface area contributed by atoms with E-state index >= 15 is 0 Å². The van der Waals surface area contributed by atoms with Crippen LogP contribution in [0.3, 0.4) is 0 Å². The van der Waals surface area contributed by atoms with Crippen LogP contribution in [0.5, 0.6) is 0 Å². The van der Waals surface area contributed by atoms with Crippen molar-refractivity contribution < 1.29 is 20.0 Å². The average Bonchev–Trinajstić information content (AvgIpc) is 3.70. The van der Waals surface area contributed by atoms with Crippen LogP contribution in [-0.2, 0) is 20.0 Å². The number of allylic oxidation sites excluding steroid dienone is 3. The van der Waals surface area contributed by atoms with Crippen LogP contribution in [0.2, 0.25) is 0 Å². The van der Waals surface area contributed by atoms with E-state index in [0.29, 0.717) is 17.8 Å². The van der Waals surface area contributed by atoms with Crippen molar-refractivity contribution in [3.05, 3.63) is 244 Å². The molecule has 6 aromatic rings. The Morgan fingerprint density at radius 3 is 1.29 bits per heavy atom. The van der Waals surface area contributed by atoms with Crippen LogP contribution in [0.1, 0.15) is 132 Å². The van der Waals surface area contributed by atoms with E-state index in [-0.39, 0.29) is 11.8 Å². The number of hydrogen-bond acceptors (Lipinski definition) is 2. The first-order chi connectivity index (χ1) is 28.7. The number of anilines is 1. The van der Waals surface area contributed by atoms with Gasteiger partial charge in [0, 0.05) is 34.5 Å². The zero-order valence-electron chi connectivity index (χ0n) is 35.2. The summed E-state index contributed by atoms with van der Waals surface area (Å²) in [6, 6.07) is 54.0. The molecule has 2 nitrogen and oxygen atoms in total.